The zero-order valence-electron chi connectivity index (χ0n) is 10.5. The van der Waals surface area contributed by atoms with Gasteiger partial charge in [0.15, 0.2) is 0 Å². The normalized spacial score (nSPS) is 22.5. The summed E-state index contributed by atoms with van der Waals surface area (Å²) in [5, 5.41) is 5.40. The maximum Gasteiger partial charge on any atom is 0.237 e. The van der Waals surface area contributed by atoms with Crippen LogP contribution in [0.25, 0.3) is 0 Å². The van der Waals surface area contributed by atoms with Crippen molar-refractivity contribution in [3.05, 3.63) is 34.1 Å². The van der Waals surface area contributed by atoms with E-state index in [-0.39, 0.29) is 30.4 Å². The summed E-state index contributed by atoms with van der Waals surface area (Å²) in [6.45, 7) is 2.02. The van der Waals surface area contributed by atoms with Gasteiger partial charge in [0.2, 0.25) is 5.91 Å². The lowest BCUT2D eigenvalue weighted by atomic mass is 10.1. The molecule has 104 valence electrons. The molecule has 0 radical (unpaired) electrons. The molecule has 0 unspecified atom stereocenters. The molecule has 1 aliphatic rings. The van der Waals surface area contributed by atoms with Crippen LogP contribution in [0, 0.1) is 12.7 Å². The van der Waals surface area contributed by atoms with Gasteiger partial charge in [-0.3, -0.25) is 4.79 Å². The minimum atomic E-state index is -0.999. The number of hydrogen-bond acceptors (Lipinski definition) is 2. The van der Waals surface area contributed by atoms with E-state index in [2.05, 4.69) is 10.6 Å². The number of benzene rings is 1. The molecule has 2 atom stereocenters. The Balaban J connectivity index is 1.97. The van der Waals surface area contributed by atoms with Crippen LogP contribution in [0.3, 0.4) is 0 Å². The molecule has 2 N–H and O–H groups in total. The summed E-state index contributed by atoms with van der Waals surface area (Å²) in [7, 11) is 0. The first-order valence-electron chi connectivity index (χ1n) is 6.07. The third-order valence-corrected chi connectivity index (χ3v) is 3.37. The number of carbonyl (C=O) groups excluding carboxylic acids is 1. The van der Waals surface area contributed by atoms with Gasteiger partial charge in [-0.1, -0.05) is 17.7 Å². The van der Waals surface area contributed by atoms with Gasteiger partial charge in [0, 0.05) is 25.1 Å². The first kappa shape index (κ1) is 14.2. The predicted molar refractivity (Wildman–Crippen MR) is 69.3 cm³/mol. The first-order chi connectivity index (χ1) is 8.97. The van der Waals surface area contributed by atoms with Crippen molar-refractivity contribution < 1.29 is 13.6 Å². The third kappa shape index (κ3) is 3.42. The van der Waals surface area contributed by atoms with Crippen LogP contribution in [0.1, 0.15) is 17.5 Å². The Kier molecular flexibility index (Phi) is 4.37. The average molecular weight is 289 g/mol. The van der Waals surface area contributed by atoms with Crippen molar-refractivity contribution in [2.24, 2.45) is 0 Å². The highest BCUT2D eigenvalue weighted by Gasteiger charge is 2.29. The molecule has 1 aromatic rings. The number of halogens is 3. The largest absolute Gasteiger partial charge is 0.351 e. The molecule has 1 aromatic carbocycles. The monoisotopic (exact) mass is 288 g/mol. The first-order valence-corrected chi connectivity index (χ1v) is 6.45. The standard InChI is InChI=1S/C13H15ClF2N2O/c1-7-2-8(12(16)10(14)3-7)5-18-13(19)11-4-9(15)6-17-11/h2-3,9,11,17H,4-6H2,1H3,(H,18,19)/t9-,11+/m0/s1. The maximum atomic E-state index is 13.7. The van der Waals surface area contributed by atoms with Gasteiger partial charge in [0.25, 0.3) is 0 Å². The summed E-state index contributed by atoms with van der Waals surface area (Å²) in [4.78, 5) is 11.7. The second-order valence-corrected chi connectivity index (χ2v) is 5.14. The number of hydrogen-bond donors (Lipinski definition) is 2. The fourth-order valence-electron chi connectivity index (χ4n) is 2.12. The van der Waals surface area contributed by atoms with Gasteiger partial charge in [-0.05, 0) is 18.6 Å². The molecule has 0 aromatic heterocycles. The fourth-order valence-corrected chi connectivity index (χ4v) is 2.42. The SMILES string of the molecule is Cc1cc(Cl)c(F)c(CNC(=O)[C@H]2C[C@H](F)CN2)c1. The van der Waals surface area contributed by atoms with Gasteiger partial charge in [-0.2, -0.15) is 0 Å². The zero-order valence-corrected chi connectivity index (χ0v) is 11.2. The van der Waals surface area contributed by atoms with E-state index in [9.17, 15) is 13.6 Å². The summed E-state index contributed by atoms with van der Waals surface area (Å²) >= 11 is 5.73. The summed E-state index contributed by atoms with van der Waals surface area (Å²) in [5.41, 5.74) is 1.15. The van der Waals surface area contributed by atoms with Gasteiger partial charge < -0.3 is 10.6 Å². The Morgan fingerprint density at radius 2 is 2.32 bits per heavy atom. The molecule has 0 spiro atoms. The molecular formula is C13H15ClF2N2O. The van der Waals surface area contributed by atoms with E-state index < -0.39 is 18.0 Å². The Labute approximate surface area is 115 Å². The molecule has 1 heterocycles. The van der Waals surface area contributed by atoms with Gasteiger partial charge >= 0.3 is 0 Å². The van der Waals surface area contributed by atoms with Crippen LogP contribution in [0.15, 0.2) is 12.1 Å². The highest BCUT2D eigenvalue weighted by Crippen LogP contribution is 2.20. The molecule has 1 saturated heterocycles. The lowest BCUT2D eigenvalue weighted by Crippen LogP contribution is -2.40. The van der Waals surface area contributed by atoms with Crippen molar-refractivity contribution in [3.8, 4) is 0 Å². The smallest absolute Gasteiger partial charge is 0.237 e. The summed E-state index contributed by atoms with van der Waals surface area (Å²) in [6.07, 6.45) is -0.844. The molecule has 6 heteroatoms. The molecule has 3 nitrogen and oxygen atoms in total. The Bertz CT molecular complexity index is 496. The van der Waals surface area contributed by atoms with Crippen molar-refractivity contribution in [1.29, 1.82) is 0 Å². The minimum Gasteiger partial charge on any atom is -0.351 e. The van der Waals surface area contributed by atoms with Crippen molar-refractivity contribution in [2.45, 2.75) is 32.1 Å². The van der Waals surface area contributed by atoms with E-state index in [1.165, 1.54) is 6.07 Å². The highest BCUT2D eigenvalue weighted by molar-refractivity contribution is 6.30. The predicted octanol–water partition coefficient (Wildman–Crippen LogP) is 2.10. The number of rotatable bonds is 3. The summed E-state index contributed by atoms with van der Waals surface area (Å²) < 4.78 is 26.7. The van der Waals surface area contributed by atoms with Gasteiger partial charge in [-0.15, -0.1) is 0 Å². The third-order valence-electron chi connectivity index (χ3n) is 3.09. The topological polar surface area (TPSA) is 41.1 Å². The van der Waals surface area contributed by atoms with Crippen LogP contribution in [0.4, 0.5) is 8.78 Å². The van der Waals surface area contributed by atoms with Gasteiger partial charge in [-0.25, -0.2) is 8.78 Å². The molecule has 1 amide bonds. The molecule has 1 fully saturated rings. The van der Waals surface area contributed by atoms with Crippen molar-refractivity contribution >= 4 is 17.5 Å². The Morgan fingerprint density at radius 3 is 2.95 bits per heavy atom. The van der Waals surface area contributed by atoms with E-state index in [4.69, 9.17) is 11.6 Å². The number of amides is 1. The highest BCUT2D eigenvalue weighted by atomic mass is 35.5. The minimum absolute atomic E-state index is 0.0343. The van der Waals surface area contributed by atoms with Crippen LogP contribution >= 0.6 is 11.6 Å². The fraction of sp³-hybridized carbons (Fsp3) is 0.462. The van der Waals surface area contributed by atoms with Crippen LogP contribution in [0.2, 0.25) is 5.02 Å². The molecular weight excluding hydrogens is 274 g/mol. The van der Waals surface area contributed by atoms with Crippen LogP contribution in [0.5, 0.6) is 0 Å². The van der Waals surface area contributed by atoms with E-state index in [1.54, 1.807) is 13.0 Å². The molecule has 19 heavy (non-hydrogen) atoms. The van der Waals surface area contributed by atoms with E-state index in [0.29, 0.717) is 5.56 Å². The van der Waals surface area contributed by atoms with E-state index in [0.717, 1.165) is 5.56 Å². The van der Waals surface area contributed by atoms with Crippen molar-refractivity contribution in [1.82, 2.24) is 10.6 Å². The Hall–Kier alpha value is -1.20. The number of carbonyl (C=O) groups is 1. The van der Waals surface area contributed by atoms with Gasteiger partial charge in [0.05, 0.1) is 11.1 Å². The van der Waals surface area contributed by atoms with E-state index in [1.807, 2.05) is 0 Å². The van der Waals surface area contributed by atoms with E-state index >= 15 is 0 Å². The molecule has 0 bridgehead atoms. The second kappa shape index (κ2) is 5.84. The quantitative estimate of drug-likeness (QED) is 0.894. The summed E-state index contributed by atoms with van der Waals surface area (Å²) in [6, 6.07) is 2.61. The number of alkyl halides is 1. The molecule has 1 aliphatic heterocycles. The van der Waals surface area contributed by atoms with Gasteiger partial charge in [0.1, 0.15) is 12.0 Å². The second-order valence-electron chi connectivity index (χ2n) is 4.73. The van der Waals surface area contributed by atoms with Crippen LogP contribution < -0.4 is 10.6 Å². The van der Waals surface area contributed by atoms with Crippen LogP contribution in [-0.4, -0.2) is 24.7 Å². The van der Waals surface area contributed by atoms with Crippen LogP contribution in [-0.2, 0) is 11.3 Å². The zero-order chi connectivity index (χ0) is 14.0. The maximum absolute atomic E-state index is 13.7. The molecule has 0 saturated carbocycles. The lowest BCUT2D eigenvalue weighted by molar-refractivity contribution is -0.123. The number of aryl methyl sites for hydroxylation is 1. The lowest BCUT2D eigenvalue weighted by Gasteiger charge is -2.12. The van der Waals surface area contributed by atoms with Crippen molar-refractivity contribution in [3.63, 3.8) is 0 Å². The van der Waals surface area contributed by atoms with Crippen molar-refractivity contribution in [2.75, 3.05) is 6.54 Å². The summed E-state index contributed by atoms with van der Waals surface area (Å²) in [5.74, 6) is -0.854. The molecule has 0 aliphatic carbocycles. The molecule has 2 rings (SSSR count). The Morgan fingerprint density at radius 1 is 1.58 bits per heavy atom. The average Bonchev–Trinajstić information content (AvgIpc) is 2.78. The number of nitrogens with one attached hydrogen (secondary N) is 2.